The number of nitrogens with zero attached hydrogens (tertiary/aromatic N) is 2. The number of anilines is 1. The van der Waals surface area contributed by atoms with E-state index in [2.05, 4.69) is 11.4 Å². The van der Waals surface area contributed by atoms with Crippen LogP contribution in [0.25, 0.3) is 0 Å². The summed E-state index contributed by atoms with van der Waals surface area (Å²) in [5.41, 5.74) is 2.99. The highest BCUT2D eigenvalue weighted by atomic mass is 16.6. The molecule has 0 radical (unpaired) electrons. The summed E-state index contributed by atoms with van der Waals surface area (Å²) in [6.07, 6.45) is 2.09. The topological polar surface area (TPSA) is 84.7 Å². The lowest BCUT2D eigenvalue weighted by Crippen LogP contribution is -2.41. The van der Waals surface area contributed by atoms with E-state index in [1.165, 1.54) is 6.07 Å². The minimum atomic E-state index is -0.353. The number of ether oxygens (including phenoxy) is 1. The smallest absolute Gasteiger partial charge is 0.292 e. The summed E-state index contributed by atoms with van der Waals surface area (Å²) in [5.74, 6) is 0.829. The summed E-state index contributed by atoms with van der Waals surface area (Å²) < 4.78 is 5.39. The summed E-state index contributed by atoms with van der Waals surface area (Å²) in [4.78, 5) is 25.4. The molecule has 0 aliphatic carbocycles. The molecule has 0 atom stereocenters. The quantitative estimate of drug-likeness (QED) is 0.571. The van der Waals surface area contributed by atoms with E-state index in [-0.39, 0.29) is 22.4 Å². The monoisotopic (exact) mass is 397 g/mol. The van der Waals surface area contributed by atoms with Gasteiger partial charge in [0, 0.05) is 31.6 Å². The molecule has 0 unspecified atom stereocenters. The summed E-state index contributed by atoms with van der Waals surface area (Å²) in [6, 6.07) is 12.8. The van der Waals surface area contributed by atoms with Crippen molar-refractivity contribution < 1.29 is 14.5 Å². The molecule has 29 heavy (non-hydrogen) atoms. The third kappa shape index (κ3) is 5.04. The molecule has 1 saturated heterocycles. The van der Waals surface area contributed by atoms with E-state index in [1.807, 2.05) is 24.0 Å². The molecule has 0 saturated carbocycles. The Morgan fingerprint density at radius 1 is 1.24 bits per heavy atom. The van der Waals surface area contributed by atoms with Crippen molar-refractivity contribution >= 4 is 17.3 Å². The SMILES string of the molecule is COc1ccc(C)cc1CCNC(=O)C1CCN(c2ccccc2[N+](=O)[O-])CC1. The first-order valence-corrected chi connectivity index (χ1v) is 9.89. The number of methoxy groups -OCH3 is 1. The van der Waals surface area contributed by atoms with Crippen LogP contribution in [0, 0.1) is 23.0 Å². The molecule has 1 aliphatic rings. The number of amides is 1. The van der Waals surface area contributed by atoms with E-state index in [0.717, 1.165) is 16.9 Å². The summed E-state index contributed by atoms with van der Waals surface area (Å²) in [5, 5.41) is 14.3. The lowest BCUT2D eigenvalue weighted by atomic mass is 9.95. The van der Waals surface area contributed by atoms with Gasteiger partial charge in [0.15, 0.2) is 0 Å². The van der Waals surface area contributed by atoms with Crippen LogP contribution in [0.2, 0.25) is 0 Å². The number of aryl methyl sites for hydroxylation is 1. The zero-order valence-electron chi connectivity index (χ0n) is 16.9. The highest BCUT2D eigenvalue weighted by molar-refractivity contribution is 5.79. The number of carbonyl (C=O) groups excluding carboxylic acids is 1. The second kappa shape index (κ2) is 9.41. The molecular weight excluding hydrogens is 370 g/mol. The van der Waals surface area contributed by atoms with Crippen molar-refractivity contribution in [3.05, 3.63) is 63.7 Å². The fraction of sp³-hybridized carbons (Fsp3) is 0.409. The van der Waals surface area contributed by atoms with Crippen molar-refractivity contribution in [2.24, 2.45) is 5.92 Å². The Hall–Kier alpha value is -3.09. The van der Waals surface area contributed by atoms with Crippen LogP contribution >= 0.6 is 0 Å². The van der Waals surface area contributed by atoms with Gasteiger partial charge < -0.3 is 15.0 Å². The third-order valence-corrected chi connectivity index (χ3v) is 5.41. The summed E-state index contributed by atoms with van der Waals surface area (Å²) in [7, 11) is 1.65. The average Bonchev–Trinajstić information content (AvgIpc) is 2.74. The lowest BCUT2D eigenvalue weighted by Gasteiger charge is -2.32. The Labute approximate surface area is 170 Å². The van der Waals surface area contributed by atoms with E-state index in [1.54, 1.807) is 25.3 Å². The van der Waals surface area contributed by atoms with Crippen LogP contribution in [-0.2, 0) is 11.2 Å². The number of piperidine rings is 1. The van der Waals surface area contributed by atoms with Crippen LogP contribution in [0.5, 0.6) is 5.75 Å². The minimum Gasteiger partial charge on any atom is -0.496 e. The number of benzene rings is 2. The Bertz CT molecular complexity index is 876. The van der Waals surface area contributed by atoms with Gasteiger partial charge in [-0.2, -0.15) is 0 Å². The normalized spacial score (nSPS) is 14.5. The van der Waals surface area contributed by atoms with Gasteiger partial charge in [-0.3, -0.25) is 14.9 Å². The van der Waals surface area contributed by atoms with Gasteiger partial charge in [0.05, 0.1) is 12.0 Å². The molecule has 1 fully saturated rings. The van der Waals surface area contributed by atoms with Gasteiger partial charge in [0.25, 0.3) is 5.69 Å². The molecule has 0 bridgehead atoms. The first kappa shape index (κ1) is 20.6. The molecule has 1 N–H and O–H groups in total. The van der Waals surface area contributed by atoms with E-state index >= 15 is 0 Å². The zero-order chi connectivity index (χ0) is 20.8. The number of nitro benzene ring substituents is 1. The van der Waals surface area contributed by atoms with Crippen molar-refractivity contribution in [1.29, 1.82) is 0 Å². The van der Waals surface area contributed by atoms with Crippen LogP contribution in [0.4, 0.5) is 11.4 Å². The van der Waals surface area contributed by atoms with Crippen molar-refractivity contribution in [1.82, 2.24) is 5.32 Å². The van der Waals surface area contributed by atoms with Crippen molar-refractivity contribution in [3.63, 3.8) is 0 Å². The minimum absolute atomic E-state index is 0.0545. The van der Waals surface area contributed by atoms with Crippen LogP contribution in [-0.4, -0.2) is 37.6 Å². The number of nitro groups is 1. The van der Waals surface area contributed by atoms with Crippen LogP contribution in [0.15, 0.2) is 42.5 Å². The average molecular weight is 397 g/mol. The molecule has 1 heterocycles. The lowest BCUT2D eigenvalue weighted by molar-refractivity contribution is -0.384. The number of rotatable bonds is 7. The second-order valence-corrected chi connectivity index (χ2v) is 7.36. The van der Waals surface area contributed by atoms with Crippen LogP contribution < -0.4 is 15.0 Å². The predicted molar refractivity (Wildman–Crippen MR) is 112 cm³/mol. The molecule has 2 aromatic rings. The number of para-hydroxylation sites is 2. The van der Waals surface area contributed by atoms with Gasteiger partial charge in [0.1, 0.15) is 11.4 Å². The zero-order valence-corrected chi connectivity index (χ0v) is 16.9. The maximum atomic E-state index is 12.6. The molecular formula is C22H27N3O4. The first-order valence-electron chi connectivity index (χ1n) is 9.89. The first-order chi connectivity index (χ1) is 14.0. The number of hydrogen-bond acceptors (Lipinski definition) is 5. The fourth-order valence-electron chi connectivity index (χ4n) is 3.84. The molecule has 1 amide bonds. The van der Waals surface area contributed by atoms with Gasteiger partial charge in [-0.15, -0.1) is 0 Å². The maximum absolute atomic E-state index is 12.6. The van der Waals surface area contributed by atoms with Crippen molar-refractivity contribution in [2.45, 2.75) is 26.2 Å². The van der Waals surface area contributed by atoms with E-state index < -0.39 is 0 Å². The standard InChI is InChI=1S/C22H27N3O4/c1-16-7-8-21(29-2)18(15-16)9-12-23-22(26)17-10-13-24(14-11-17)19-5-3-4-6-20(19)25(27)28/h3-8,15,17H,9-14H2,1-2H3,(H,23,26). The Morgan fingerprint density at radius 3 is 2.66 bits per heavy atom. The Balaban J connectivity index is 1.51. The van der Waals surface area contributed by atoms with Crippen molar-refractivity contribution in [3.8, 4) is 5.75 Å². The molecule has 0 spiro atoms. The van der Waals surface area contributed by atoms with Crippen LogP contribution in [0.1, 0.15) is 24.0 Å². The van der Waals surface area contributed by atoms with Gasteiger partial charge >= 0.3 is 0 Å². The van der Waals surface area contributed by atoms with E-state index in [9.17, 15) is 14.9 Å². The Kier molecular flexibility index (Phi) is 6.69. The molecule has 3 rings (SSSR count). The van der Waals surface area contributed by atoms with Crippen molar-refractivity contribution in [2.75, 3.05) is 31.6 Å². The number of nitrogens with one attached hydrogen (secondary N) is 1. The highest BCUT2D eigenvalue weighted by Crippen LogP contribution is 2.31. The molecule has 1 aliphatic heterocycles. The van der Waals surface area contributed by atoms with Gasteiger partial charge in [-0.05, 0) is 43.9 Å². The highest BCUT2D eigenvalue weighted by Gasteiger charge is 2.27. The van der Waals surface area contributed by atoms with E-state index in [4.69, 9.17) is 4.74 Å². The molecule has 2 aromatic carbocycles. The van der Waals surface area contributed by atoms with Gasteiger partial charge in [-0.25, -0.2) is 0 Å². The molecule has 154 valence electrons. The molecule has 0 aromatic heterocycles. The Morgan fingerprint density at radius 2 is 1.97 bits per heavy atom. The predicted octanol–water partition coefficient (Wildman–Crippen LogP) is 3.49. The largest absolute Gasteiger partial charge is 0.496 e. The summed E-state index contributed by atoms with van der Waals surface area (Å²) in [6.45, 7) is 3.86. The number of hydrogen-bond donors (Lipinski definition) is 1. The maximum Gasteiger partial charge on any atom is 0.292 e. The number of carbonyl (C=O) groups is 1. The third-order valence-electron chi connectivity index (χ3n) is 5.41. The fourth-order valence-corrected chi connectivity index (χ4v) is 3.84. The van der Waals surface area contributed by atoms with E-state index in [0.29, 0.717) is 44.6 Å². The van der Waals surface area contributed by atoms with Crippen LogP contribution in [0.3, 0.4) is 0 Å². The molecule has 7 heteroatoms. The molecule has 7 nitrogen and oxygen atoms in total. The van der Waals surface area contributed by atoms with Gasteiger partial charge in [-0.1, -0.05) is 29.8 Å². The second-order valence-electron chi connectivity index (χ2n) is 7.36. The van der Waals surface area contributed by atoms with Gasteiger partial charge in [0.2, 0.25) is 5.91 Å². The summed E-state index contributed by atoms with van der Waals surface area (Å²) >= 11 is 0.